The Morgan fingerprint density at radius 1 is 1.52 bits per heavy atom. The van der Waals surface area contributed by atoms with Gasteiger partial charge in [-0.2, -0.15) is 5.26 Å². The van der Waals surface area contributed by atoms with Gasteiger partial charge in [-0.25, -0.2) is 0 Å². The first-order chi connectivity index (χ1) is 10.1. The SMILES string of the molecule is CC(N)Cc1cc2c(cc1OCC(=O)NCC#N)OCO2. The van der Waals surface area contributed by atoms with E-state index in [1.807, 2.05) is 19.1 Å². The van der Waals surface area contributed by atoms with Crippen molar-refractivity contribution >= 4 is 5.91 Å². The third-order valence-corrected chi connectivity index (χ3v) is 2.82. The minimum Gasteiger partial charge on any atom is -0.483 e. The van der Waals surface area contributed by atoms with E-state index in [0.29, 0.717) is 23.7 Å². The van der Waals surface area contributed by atoms with Crippen molar-refractivity contribution < 1.29 is 19.0 Å². The molecule has 0 fully saturated rings. The minimum atomic E-state index is -0.360. The Hall–Kier alpha value is -2.46. The van der Waals surface area contributed by atoms with Crippen molar-refractivity contribution in [1.82, 2.24) is 5.32 Å². The zero-order valence-electron chi connectivity index (χ0n) is 11.7. The Morgan fingerprint density at radius 2 is 2.24 bits per heavy atom. The molecule has 1 aliphatic rings. The summed E-state index contributed by atoms with van der Waals surface area (Å²) in [4.78, 5) is 11.5. The van der Waals surface area contributed by atoms with Crippen LogP contribution in [-0.2, 0) is 11.2 Å². The van der Waals surface area contributed by atoms with Gasteiger partial charge in [-0.15, -0.1) is 0 Å². The van der Waals surface area contributed by atoms with Crippen LogP contribution in [0.15, 0.2) is 12.1 Å². The number of ether oxygens (including phenoxy) is 3. The smallest absolute Gasteiger partial charge is 0.258 e. The van der Waals surface area contributed by atoms with Crippen LogP contribution in [0.25, 0.3) is 0 Å². The zero-order valence-corrected chi connectivity index (χ0v) is 11.7. The van der Waals surface area contributed by atoms with Crippen molar-refractivity contribution in [1.29, 1.82) is 5.26 Å². The van der Waals surface area contributed by atoms with Gasteiger partial charge in [0.05, 0.1) is 6.07 Å². The van der Waals surface area contributed by atoms with E-state index in [9.17, 15) is 4.79 Å². The van der Waals surface area contributed by atoms with Crippen molar-refractivity contribution in [2.45, 2.75) is 19.4 Å². The molecule has 1 atom stereocenters. The summed E-state index contributed by atoms with van der Waals surface area (Å²) in [5, 5.41) is 10.8. The molecule has 0 spiro atoms. The van der Waals surface area contributed by atoms with Crippen molar-refractivity contribution in [3.63, 3.8) is 0 Å². The molecule has 1 heterocycles. The Kier molecular flexibility index (Phi) is 4.85. The fraction of sp³-hybridized carbons (Fsp3) is 0.429. The molecular formula is C14H17N3O4. The summed E-state index contributed by atoms with van der Waals surface area (Å²) in [6.07, 6.45) is 0.589. The highest BCUT2D eigenvalue weighted by atomic mass is 16.7. The van der Waals surface area contributed by atoms with Crippen LogP contribution in [0.2, 0.25) is 0 Å². The average Bonchev–Trinajstić information content (AvgIpc) is 2.89. The van der Waals surface area contributed by atoms with Gasteiger partial charge in [0.1, 0.15) is 12.3 Å². The van der Waals surface area contributed by atoms with Gasteiger partial charge in [-0.05, 0) is 25.0 Å². The number of fused-ring (bicyclic) bond motifs is 1. The quantitative estimate of drug-likeness (QED) is 0.731. The summed E-state index contributed by atoms with van der Waals surface area (Å²) in [6.45, 7) is 1.83. The second-order valence-corrected chi connectivity index (χ2v) is 4.72. The number of nitrogens with two attached hydrogens (primary N) is 1. The van der Waals surface area contributed by atoms with Gasteiger partial charge in [0.25, 0.3) is 5.91 Å². The maximum Gasteiger partial charge on any atom is 0.258 e. The molecule has 0 aromatic heterocycles. The van der Waals surface area contributed by atoms with E-state index in [2.05, 4.69) is 5.32 Å². The first-order valence-electron chi connectivity index (χ1n) is 6.54. The first kappa shape index (κ1) is 14.9. The molecule has 1 unspecified atom stereocenters. The number of nitriles is 1. The normalized spacial score (nSPS) is 13.4. The van der Waals surface area contributed by atoms with Gasteiger partial charge >= 0.3 is 0 Å². The molecular weight excluding hydrogens is 274 g/mol. The Bertz CT molecular complexity index is 566. The minimum absolute atomic E-state index is 0.0456. The molecule has 112 valence electrons. The summed E-state index contributed by atoms with van der Waals surface area (Å²) < 4.78 is 16.1. The van der Waals surface area contributed by atoms with E-state index in [4.69, 9.17) is 25.2 Å². The molecule has 0 bridgehead atoms. The van der Waals surface area contributed by atoms with Crippen LogP contribution in [0, 0.1) is 11.3 Å². The van der Waals surface area contributed by atoms with E-state index in [-0.39, 0.29) is 31.9 Å². The number of benzene rings is 1. The van der Waals surface area contributed by atoms with Crippen LogP contribution in [0.3, 0.4) is 0 Å². The lowest BCUT2D eigenvalue weighted by Crippen LogP contribution is -2.29. The molecule has 1 amide bonds. The average molecular weight is 291 g/mol. The molecule has 0 saturated heterocycles. The van der Waals surface area contributed by atoms with E-state index in [1.54, 1.807) is 6.07 Å². The van der Waals surface area contributed by atoms with Crippen molar-refractivity contribution in [3.8, 4) is 23.3 Å². The zero-order chi connectivity index (χ0) is 15.2. The van der Waals surface area contributed by atoms with E-state index in [1.165, 1.54) is 0 Å². The molecule has 2 rings (SSSR count). The maximum atomic E-state index is 11.5. The lowest BCUT2D eigenvalue weighted by atomic mass is 10.1. The Balaban J connectivity index is 2.09. The monoisotopic (exact) mass is 291 g/mol. The molecule has 3 N–H and O–H groups in total. The number of nitrogens with zero attached hydrogens (tertiary/aromatic N) is 1. The van der Waals surface area contributed by atoms with Gasteiger partial charge in [-0.1, -0.05) is 0 Å². The third kappa shape index (κ3) is 4.00. The number of rotatable bonds is 6. The third-order valence-electron chi connectivity index (χ3n) is 2.82. The predicted octanol–water partition coefficient (Wildman–Crippen LogP) is 0.324. The van der Waals surface area contributed by atoms with Crippen LogP contribution in [-0.4, -0.2) is 31.9 Å². The number of hydrogen-bond donors (Lipinski definition) is 2. The molecule has 0 aliphatic carbocycles. The van der Waals surface area contributed by atoms with Crippen molar-refractivity contribution in [2.24, 2.45) is 5.73 Å². The Morgan fingerprint density at radius 3 is 2.90 bits per heavy atom. The van der Waals surface area contributed by atoms with E-state index in [0.717, 1.165) is 5.56 Å². The number of carbonyl (C=O) groups excluding carboxylic acids is 1. The number of nitrogens with one attached hydrogen (secondary N) is 1. The van der Waals surface area contributed by atoms with Crippen LogP contribution in [0.4, 0.5) is 0 Å². The highest BCUT2D eigenvalue weighted by Gasteiger charge is 2.19. The summed E-state index contributed by atoms with van der Waals surface area (Å²) in [5.74, 6) is 1.40. The van der Waals surface area contributed by atoms with Crippen LogP contribution in [0.1, 0.15) is 12.5 Å². The van der Waals surface area contributed by atoms with Gasteiger partial charge in [0, 0.05) is 12.1 Å². The molecule has 0 radical (unpaired) electrons. The van der Waals surface area contributed by atoms with Crippen LogP contribution >= 0.6 is 0 Å². The van der Waals surface area contributed by atoms with Gasteiger partial charge in [-0.3, -0.25) is 4.79 Å². The summed E-state index contributed by atoms with van der Waals surface area (Å²) in [5.41, 5.74) is 6.67. The fourth-order valence-corrected chi connectivity index (χ4v) is 1.94. The van der Waals surface area contributed by atoms with Crippen LogP contribution < -0.4 is 25.3 Å². The highest BCUT2D eigenvalue weighted by Crippen LogP contribution is 2.38. The van der Waals surface area contributed by atoms with E-state index < -0.39 is 0 Å². The standard InChI is InChI=1S/C14H17N3O4/c1-9(16)4-10-5-12-13(21-8-20-12)6-11(10)19-7-14(18)17-3-2-15/h5-6,9H,3-4,7-8,16H2,1H3,(H,17,18). The number of hydrogen-bond acceptors (Lipinski definition) is 6. The Labute approximate surface area is 122 Å². The molecule has 7 heteroatoms. The second kappa shape index (κ2) is 6.81. The summed E-state index contributed by atoms with van der Waals surface area (Å²) in [6, 6.07) is 5.28. The second-order valence-electron chi connectivity index (χ2n) is 4.72. The predicted molar refractivity (Wildman–Crippen MR) is 74.0 cm³/mol. The summed E-state index contributed by atoms with van der Waals surface area (Å²) >= 11 is 0. The molecule has 1 aliphatic heterocycles. The molecule has 1 aromatic carbocycles. The van der Waals surface area contributed by atoms with Gasteiger partial charge in [0.2, 0.25) is 6.79 Å². The van der Waals surface area contributed by atoms with Gasteiger partial charge in [0.15, 0.2) is 18.1 Å². The van der Waals surface area contributed by atoms with Crippen LogP contribution in [0.5, 0.6) is 17.2 Å². The maximum absolute atomic E-state index is 11.5. The molecule has 1 aromatic rings. The first-order valence-corrected chi connectivity index (χ1v) is 6.54. The number of carbonyl (C=O) groups is 1. The van der Waals surface area contributed by atoms with Crippen molar-refractivity contribution in [3.05, 3.63) is 17.7 Å². The topological polar surface area (TPSA) is 107 Å². The molecule has 21 heavy (non-hydrogen) atoms. The van der Waals surface area contributed by atoms with Crippen molar-refractivity contribution in [2.75, 3.05) is 19.9 Å². The lowest BCUT2D eigenvalue weighted by Gasteiger charge is -2.14. The molecule has 7 nitrogen and oxygen atoms in total. The fourth-order valence-electron chi connectivity index (χ4n) is 1.94. The lowest BCUT2D eigenvalue weighted by molar-refractivity contribution is -0.122. The highest BCUT2D eigenvalue weighted by molar-refractivity contribution is 5.77. The largest absolute Gasteiger partial charge is 0.483 e. The van der Waals surface area contributed by atoms with Gasteiger partial charge < -0.3 is 25.3 Å². The summed E-state index contributed by atoms with van der Waals surface area (Å²) in [7, 11) is 0. The molecule has 0 saturated carbocycles. The number of amides is 1. The van der Waals surface area contributed by atoms with E-state index >= 15 is 0 Å².